The number of carbonyl (C=O) groups excluding carboxylic acids is 1. The molecule has 98 valence electrons. The number of rotatable bonds is 4. The van der Waals surface area contributed by atoms with Crippen LogP contribution in [0.4, 0.5) is 0 Å². The molecule has 0 aromatic carbocycles. The van der Waals surface area contributed by atoms with Crippen LogP contribution >= 0.6 is 0 Å². The molecular weight excluding hydrogens is 218 g/mol. The Morgan fingerprint density at radius 2 is 1.94 bits per heavy atom. The second-order valence-corrected chi connectivity index (χ2v) is 4.82. The number of carbonyl (C=O) groups is 1. The van der Waals surface area contributed by atoms with Crippen molar-refractivity contribution in [2.45, 2.75) is 27.2 Å². The summed E-state index contributed by atoms with van der Waals surface area (Å²) in [7, 11) is 1.57. The van der Waals surface area contributed by atoms with E-state index in [0.29, 0.717) is 38.0 Å². The minimum atomic E-state index is -0.00560. The molecule has 1 amide bonds. The zero-order chi connectivity index (χ0) is 12.8. The van der Waals surface area contributed by atoms with E-state index in [1.807, 2.05) is 6.92 Å². The van der Waals surface area contributed by atoms with Crippen molar-refractivity contribution in [1.82, 2.24) is 4.90 Å². The molecule has 0 saturated carbocycles. The van der Waals surface area contributed by atoms with Crippen molar-refractivity contribution < 1.29 is 14.3 Å². The van der Waals surface area contributed by atoms with E-state index in [9.17, 15) is 4.79 Å². The molecule has 0 unspecified atom stereocenters. The number of amides is 1. The number of morpholine rings is 1. The first-order chi connectivity index (χ1) is 8.06. The zero-order valence-electron chi connectivity index (χ0n) is 11.3. The number of ether oxygens (including phenoxy) is 2. The summed E-state index contributed by atoms with van der Waals surface area (Å²) in [5.41, 5.74) is 1.03. The van der Waals surface area contributed by atoms with Gasteiger partial charge in [0.2, 0.25) is 0 Å². The van der Waals surface area contributed by atoms with Gasteiger partial charge in [-0.2, -0.15) is 0 Å². The zero-order valence-corrected chi connectivity index (χ0v) is 11.3. The number of allylic oxidation sites excluding steroid dienone is 1. The second-order valence-electron chi connectivity index (χ2n) is 4.82. The minimum Gasteiger partial charge on any atom is -0.491 e. The molecule has 0 bridgehead atoms. The summed E-state index contributed by atoms with van der Waals surface area (Å²) >= 11 is 0. The van der Waals surface area contributed by atoms with Crippen LogP contribution < -0.4 is 0 Å². The van der Waals surface area contributed by atoms with Crippen LogP contribution in [-0.2, 0) is 14.3 Å². The van der Waals surface area contributed by atoms with Crippen molar-refractivity contribution >= 4 is 5.91 Å². The molecule has 4 heteroatoms. The van der Waals surface area contributed by atoms with E-state index >= 15 is 0 Å². The number of hydrogen-bond acceptors (Lipinski definition) is 3. The average molecular weight is 241 g/mol. The van der Waals surface area contributed by atoms with Crippen LogP contribution in [0, 0.1) is 5.92 Å². The monoisotopic (exact) mass is 241 g/mol. The maximum absolute atomic E-state index is 12.2. The van der Waals surface area contributed by atoms with Gasteiger partial charge < -0.3 is 14.4 Å². The van der Waals surface area contributed by atoms with E-state index in [-0.39, 0.29) is 5.91 Å². The SMILES string of the molecule is COC(C(=O)N1CCOCC1)=C(C)CC(C)C. The Labute approximate surface area is 104 Å². The van der Waals surface area contributed by atoms with Crippen molar-refractivity contribution in [3.8, 4) is 0 Å². The maximum Gasteiger partial charge on any atom is 0.288 e. The summed E-state index contributed by atoms with van der Waals surface area (Å²) in [4.78, 5) is 14.0. The van der Waals surface area contributed by atoms with Gasteiger partial charge >= 0.3 is 0 Å². The molecule has 0 spiro atoms. The van der Waals surface area contributed by atoms with E-state index < -0.39 is 0 Å². The first kappa shape index (κ1) is 14.0. The van der Waals surface area contributed by atoms with Crippen molar-refractivity contribution in [2.75, 3.05) is 33.4 Å². The van der Waals surface area contributed by atoms with Gasteiger partial charge in [0.15, 0.2) is 5.76 Å². The summed E-state index contributed by atoms with van der Waals surface area (Å²) in [6, 6.07) is 0. The van der Waals surface area contributed by atoms with E-state index in [4.69, 9.17) is 9.47 Å². The molecule has 1 aliphatic rings. The highest BCUT2D eigenvalue weighted by atomic mass is 16.5. The van der Waals surface area contributed by atoms with E-state index in [1.165, 1.54) is 0 Å². The van der Waals surface area contributed by atoms with Crippen molar-refractivity contribution in [1.29, 1.82) is 0 Å². The molecular formula is C13H23NO3. The van der Waals surface area contributed by atoms with Gasteiger partial charge in [-0.05, 0) is 24.8 Å². The van der Waals surface area contributed by atoms with Gasteiger partial charge in [-0.25, -0.2) is 0 Å². The summed E-state index contributed by atoms with van der Waals surface area (Å²) in [5, 5.41) is 0. The Kier molecular flexibility index (Phi) is 5.48. The number of methoxy groups -OCH3 is 1. The highest BCUT2D eigenvalue weighted by Gasteiger charge is 2.23. The summed E-state index contributed by atoms with van der Waals surface area (Å²) in [6.45, 7) is 8.78. The quantitative estimate of drug-likeness (QED) is 0.556. The Balaban J connectivity index is 2.74. The van der Waals surface area contributed by atoms with E-state index in [0.717, 1.165) is 12.0 Å². The van der Waals surface area contributed by atoms with Crippen LogP contribution in [0.2, 0.25) is 0 Å². The van der Waals surface area contributed by atoms with Crippen molar-refractivity contribution in [3.05, 3.63) is 11.3 Å². The third kappa shape index (κ3) is 4.04. The van der Waals surface area contributed by atoms with Crippen LogP contribution in [0.25, 0.3) is 0 Å². The van der Waals surface area contributed by atoms with Gasteiger partial charge in [0, 0.05) is 13.1 Å². The highest BCUT2D eigenvalue weighted by molar-refractivity contribution is 5.92. The Hall–Kier alpha value is -1.03. The van der Waals surface area contributed by atoms with Gasteiger partial charge in [-0.1, -0.05) is 13.8 Å². The first-order valence-electron chi connectivity index (χ1n) is 6.17. The molecule has 0 atom stereocenters. The molecule has 1 heterocycles. The fourth-order valence-electron chi connectivity index (χ4n) is 2.06. The maximum atomic E-state index is 12.2. The average Bonchev–Trinajstić information content (AvgIpc) is 2.30. The second kappa shape index (κ2) is 6.64. The molecule has 17 heavy (non-hydrogen) atoms. The van der Waals surface area contributed by atoms with Gasteiger partial charge in [-0.15, -0.1) is 0 Å². The van der Waals surface area contributed by atoms with Crippen LogP contribution in [0.1, 0.15) is 27.2 Å². The molecule has 1 fully saturated rings. The number of hydrogen-bond donors (Lipinski definition) is 0. The van der Waals surface area contributed by atoms with Gasteiger partial charge in [0.05, 0.1) is 20.3 Å². The van der Waals surface area contributed by atoms with Crippen LogP contribution in [0.15, 0.2) is 11.3 Å². The van der Waals surface area contributed by atoms with Crippen molar-refractivity contribution in [3.63, 3.8) is 0 Å². The standard InChI is InChI=1S/C13H23NO3/c1-10(2)9-11(3)12(16-4)13(15)14-5-7-17-8-6-14/h10H,5-9H2,1-4H3. The van der Waals surface area contributed by atoms with E-state index in [1.54, 1.807) is 12.0 Å². The van der Waals surface area contributed by atoms with E-state index in [2.05, 4.69) is 13.8 Å². The fraction of sp³-hybridized carbons (Fsp3) is 0.769. The lowest BCUT2D eigenvalue weighted by molar-refractivity contribution is -0.134. The Morgan fingerprint density at radius 3 is 2.41 bits per heavy atom. The lowest BCUT2D eigenvalue weighted by atomic mass is 10.0. The predicted octanol–water partition coefficient (Wildman–Crippen LogP) is 1.81. The third-order valence-corrected chi connectivity index (χ3v) is 2.80. The van der Waals surface area contributed by atoms with Crippen LogP contribution in [0.3, 0.4) is 0 Å². The summed E-state index contributed by atoms with van der Waals surface area (Å²) in [6.07, 6.45) is 0.888. The van der Waals surface area contributed by atoms with Crippen LogP contribution in [-0.4, -0.2) is 44.2 Å². The summed E-state index contributed by atoms with van der Waals surface area (Å²) in [5.74, 6) is 1.02. The molecule has 0 aromatic rings. The molecule has 0 aromatic heterocycles. The minimum absolute atomic E-state index is 0.00560. The van der Waals surface area contributed by atoms with Crippen molar-refractivity contribution in [2.24, 2.45) is 5.92 Å². The lowest BCUT2D eigenvalue weighted by Crippen LogP contribution is -2.41. The lowest BCUT2D eigenvalue weighted by Gasteiger charge is -2.28. The Morgan fingerprint density at radius 1 is 1.35 bits per heavy atom. The largest absolute Gasteiger partial charge is 0.491 e. The van der Waals surface area contributed by atoms with Gasteiger partial charge in [0.1, 0.15) is 0 Å². The molecule has 0 N–H and O–H groups in total. The number of nitrogens with zero attached hydrogens (tertiary/aromatic N) is 1. The molecule has 0 aliphatic carbocycles. The highest BCUT2D eigenvalue weighted by Crippen LogP contribution is 2.17. The van der Waals surface area contributed by atoms with Gasteiger partial charge in [0.25, 0.3) is 5.91 Å². The topological polar surface area (TPSA) is 38.8 Å². The summed E-state index contributed by atoms with van der Waals surface area (Å²) < 4.78 is 10.5. The fourth-order valence-corrected chi connectivity index (χ4v) is 2.06. The Bertz CT molecular complexity index is 291. The molecule has 1 saturated heterocycles. The molecule has 4 nitrogen and oxygen atoms in total. The first-order valence-corrected chi connectivity index (χ1v) is 6.17. The smallest absolute Gasteiger partial charge is 0.288 e. The molecule has 0 radical (unpaired) electrons. The molecule has 1 rings (SSSR count). The normalized spacial score (nSPS) is 18.1. The van der Waals surface area contributed by atoms with Gasteiger partial charge in [-0.3, -0.25) is 4.79 Å². The van der Waals surface area contributed by atoms with Crippen LogP contribution in [0.5, 0.6) is 0 Å². The molecule has 1 aliphatic heterocycles. The third-order valence-electron chi connectivity index (χ3n) is 2.80. The predicted molar refractivity (Wildman–Crippen MR) is 66.6 cm³/mol.